The molecular formula is C18H16ClF3N6OS. The lowest BCUT2D eigenvalue weighted by Gasteiger charge is -2.35. The molecular weight excluding hydrogens is 441 g/mol. The Morgan fingerprint density at radius 2 is 1.93 bits per heavy atom. The van der Waals surface area contributed by atoms with Gasteiger partial charge in [0.25, 0.3) is 0 Å². The summed E-state index contributed by atoms with van der Waals surface area (Å²) in [4.78, 5) is 19.9. The summed E-state index contributed by atoms with van der Waals surface area (Å²) in [7, 11) is 0. The number of anilines is 1. The second-order valence-electron chi connectivity index (χ2n) is 6.60. The predicted molar refractivity (Wildman–Crippen MR) is 107 cm³/mol. The summed E-state index contributed by atoms with van der Waals surface area (Å²) in [5, 5.41) is 8.73. The van der Waals surface area contributed by atoms with Gasteiger partial charge in [0.2, 0.25) is 5.91 Å². The Kier molecular flexibility index (Phi) is 5.74. The van der Waals surface area contributed by atoms with Gasteiger partial charge in [-0.05, 0) is 18.2 Å². The molecule has 0 radical (unpaired) electrons. The Labute approximate surface area is 178 Å². The van der Waals surface area contributed by atoms with Crippen molar-refractivity contribution in [2.24, 2.45) is 0 Å². The van der Waals surface area contributed by atoms with Gasteiger partial charge in [-0.3, -0.25) is 9.20 Å². The van der Waals surface area contributed by atoms with Gasteiger partial charge in [0.1, 0.15) is 5.82 Å². The number of carbonyl (C=O) groups excluding carboxylic acids is 1. The van der Waals surface area contributed by atoms with Gasteiger partial charge in [0.15, 0.2) is 10.8 Å². The molecule has 0 bridgehead atoms. The van der Waals surface area contributed by atoms with Gasteiger partial charge in [-0.25, -0.2) is 4.98 Å². The first-order valence-corrected chi connectivity index (χ1v) is 10.4. The molecule has 30 heavy (non-hydrogen) atoms. The fraction of sp³-hybridized carbons (Fsp3) is 0.333. The van der Waals surface area contributed by atoms with Crippen molar-refractivity contribution < 1.29 is 18.0 Å². The molecule has 0 N–H and O–H groups in total. The second kappa shape index (κ2) is 8.31. The van der Waals surface area contributed by atoms with E-state index < -0.39 is 11.7 Å². The van der Waals surface area contributed by atoms with Crippen molar-refractivity contribution in [1.29, 1.82) is 0 Å². The molecule has 4 rings (SSSR count). The highest BCUT2D eigenvalue weighted by Crippen LogP contribution is 2.33. The number of rotatable bonds is 4. The minimum Gasteiger partial charge on any atom is -0.352 e. The molecule has 158 valence electrons. The van der Waals surface area contributed by atoms with Crippen LogP contribution in [0.3, 0.4) is 0 Å². The minimum absolute atomic E-state index is 0.0428. The van der Waals surface area contributed by atoms with Gasteiger partial charge in [0, 0.05) is 38.6 Å². The summed E-state index contributed by atoms with van der Waals surface area (Å²) < 4.78 is 40.1. The fourth-order valence-corrected chi connectivity index (χ4v) is 4.23. The highest BCUT2D eigenvalue weighted by Gasteiger charge is 2.32. The van der Waals surface area contributed by atoms with Crippen LogP contribution >= 0.6 is 23.4 Å². The van der Waals surface area contributed by atoms with E-state index >= 15 is 0 Å². The summed E-state index contributed by atoms with van der Waals surface area (Å²) in [6.07, 6.45) is -1.88. The second-order valence-corrected chi connectivity index (χ2v) is 7.94. The van der Waals surface area contributed by atoms with Gasteiger partial charge in [0.05, 0.1) is 16.3 Å². The number of aromatic nitrogens is 4. The van der Waals surface area contributed by atoms with E-state index in [0.29, 0.717) is 42.8 Å². The maximum absolute atomic E-state index is 12.8. The Morgan fingerprint density at radius 1 is 1.17 bits per heavy atom. The molecule has 12 heteroatoms. The molecule has 0 atom stereocenters. The lowest BCUT2D eigenvalue weighted by molar-refractivity contribution is -0.137. The molecule has 3 aromatic rings. The molecule has 0 aliphatic carbocycles. The van der Waals surface area contributed by atoms with E-state index in [9.17, 15) is 18.0 Å². The monoisotopic (exact) mass is 456 g/mol. The molecule has 0 spiro atoms. The van der Waals surface area contributed by atoms with E-state index in [2.05, 4.69) is 15.2 Å². The van der Waals surface area contributed by atoms with E-state index in [1.54, 1.807) is 9.80 Å². The molecule has 1 aliphatic rings. The molecule has 4 heterocycles. The normalized spacial score (nSPS) is 15.1. The van der Waals surface area contributed by atoms with Crippen LogP contribution in [0.4, 0.5) is 19.0 Å². The van der Waals surface area contributed by atoms with Crippen LogP contribution in [-0.4, -0.2) is 62.3 Å². The third-order valence-corrected chi connectivity index (χ3v) is 5.89. The molecule has 0 aromatic carbocycles. The van der Waals surface area contributed by atoms with Crippen LogP contribution in [-0.2, 0) is 11.0 Å². The number of carbonyl (C=O) groups is 1. The number of piperazine rings is 1. The van der Waals surface area contributed by atoms with Gasteiger partial charge >= 0.3 is 6.18 Å². The van der Waals surface area contributed by atoms with Crippen LogP contribution in [0.25, 0.3) is 5.65 Å². The molecule has 1 fully saturated rings. The molecule has 1 amide bonds. The number of fused-ring (bicyclic) bond motifs is 1. The third-order valence-electron chi connectivity index (χ3n) is 4.69. The molecule has 1 saturated heterocycles. The van der Waals surface area contributed by atoms with E-state index in [0.717, 1.165) is 12.3 Å². The predicted octanol–water partition coefficient (Wildman–Crippen LogP) is 3.24. The van der Waals surface area contributed by atoms with Crippen LogP contribution in [0, 0.1) is 0 Å². The van der Waals surface area contributed by atoms with E-state index in [4.69, 9.17) is 11.6 Å². The SMILES string of the molecule is O=C(CSc1nnc2ccccn12)N1CCN(c2ncc(C(F)(F)F)cc2Cl)CC1. The zero-order valence-electron chi connectivity index (χ0n) is 15.5. The Bertz CT molecular complexity index is 1070. The number of hydrogen-bond acceptors (Lipinski definition) is 6. The first-order valence-electron chi connectivity index (χ1n) is 9.01. The molecule has 3 aromatic heterocycles. The van der Waals surface area contributed by atoms with Crippen LogP contribution in [0.15, 0.2) is 41.8 Å². The van der Waals surface area contributed by atoms with Gasteiger partial charge in [-0.1, -0.05) is 29.4 Å². The van der Waals surface area contributed by atoms with Crippen LogP contribution in [0.2, 0.25) is 5.02 Å². The fourth-order valence-electron chi connectivity index (χ4n) is 3.12. The lowest BCUT2D eigenvalue weighted by Crippen LogP contribution is -2.49. The third kappa shape index (κ3) is 4.31. The number of alkyl halides is 3. The highest BCUT2D eigenvalue weighted by atomic mass is 35.5. The summed E-state index contributed by atoms with van der Waals surface area (Å²) in [6.45, 7) is 1.72. The summed E-state index contributed by atoms with van der Waals surface area (Å²) in [5.74, 6) is 0.467. The van der Waals surface area contributed by atoms with Gasteiger partial charge < -0.3 is 9.80 Å². The van der Waals surface area contributed by atoms with Crippen molar-refractivity contribution in [3.05, 3.63) is 47.2 Å². The number of amides is 1. The maximum atomic E-state index is 12.8. The smallest absolute Gasteiger partial charge is 0.352 e. The highest BCUT2D eigenvalue weighted by molar-refractivity contribution is 7.99. The van der Waals surface area contributed by atoms with Crippen molar-refractivity contribution in [3.63, 3.8) is 0 Å². The number of pyridine rings is 2. The van der Waals surface area contributed by atoms with Crippen LogP contribution in [0.5, 0.6) is 0 Å². The zero-order chi connectivity index (χ0) is 21.3. The number of thioether (sulfide) groups is 1. The molecule has 1 aliphatic heterocycles. The first-order chi connectivity index (χ1) is 14.3. The maximum Gasteiger partial charge on any atom is 0.417 e. The van der Waals surface area contributed by atoms with Crippen molar-refractivity contribution in [2.45, 2.75) is 11.3 Å². The van der Waals surface area contributed by atoms with Crippen molar-refractivity contribution in [1.82, 2.24) is 24.5 Å². The number of hydrogen-bond donors (Lipinski definition) is 0. The minimum atomic E-state index is -4.49. The van der Waals surface area contributed by atoms with Gasteiger partial charge in [-0.2, -0.15) is 13.2 Å². The van der Waals surface area contributed by atoms with Gasteiger partial charge in [-0.15, -0.1) is 10.2 Å². The summed E-state index contributed by atoms with van der Waals surface area (Å²) in [6, 6.07) is 6.43. The Morgan fingerprint density at radius 3 is 2.63 bits per heavy atom. The van der Waals surface area contributed by atoms with Crippen molar-refractivity contribution in [3.8, 4) is 0 Å². The average Bonchev–Trinajstić information content (AvgIpc) is 3.14. The Hall–Kier alpha value is -2.53. The van der Waals surface area contributed by atoms with E-state index in [1.807, 2.05) is 28.8 Å². The topological polar surface area (TPSA) is 66.6 Å². The first kappa shape index (κ1) is 20.7. The summed E-state index contributed by atoms with van der Waals surface area (Å²) >= 11 is 7.33. The zero-order valence-corrected chi connectivity index (χ0v) is 17.1. The summed E-state index contributed by atoms with van der Waals surface area (Å²) in [5.41, 5.74) is -0.176. The Balaban J connectivity index is 1.33. The lowest BCUT2D eigenvalue weighted by atomic mass is 10.2. The molecule has 0 unspecified atom stereocenters. The van der Waals surface area contributed by atoms with Crippen LogP contribution in [0.1, 0.15) is 5.56 Å². The standard InChI is InChI=1S/C18H16ClF3N6OS/c19-13-9-12(18(20,21)22)10-23-16(13)27-7-5-26(6-8-27)15(29)11-30-17-25-24-14-3-1-2-4-28(14)17/h1-4,9-10H,5-8,11H2. The largest absolute Gasteiger partial charge is 0.417 e. The number of halogens is 4. The van der Waals surface area contributed by atoms with Crippen LogP contribution < -0.4 is 4.90 Å². The average molecular weight is 457 g/mol. The molecule has 0 saturated carbocycles. The van der Waals surface area contributed by atoms with Crippen molar-refractivity contribution in [2.75, 3.05) is 36.8 Å². The van der Waals surface area contributed by atoms with Crippen molar-refractivity contribution >= 4 is 40.7 Å². The van der Waals surface area contributed by atoms with E-state index in [1.165, 1.54) is 11.8 Å². The molecule has 7 nitrogen and oxygen atoms in total. The number of nitrogens with zero attached hydrogens (tertiary/aromatic N) is 6. The van der Waals surface area contributed by atoms with E-state index in [-0.39, 0.29) is 16.7 Å². The quantitative estimate of drug-likeness (QED) is 0.561.